The first-order valence-corrected chi connectivity index (χ1v) is 7.26. The van der Waals surface area contributed by atoms with E-state index in [1.54, 1.807) is 0 Å². The predicted molar refractivity (Wildman–Crippen MR) is 71.0 cm³/mol. The second-order valence-electron chi connectivity index (χ2n) is 5.63. The summed E-state index contributed by atoms with van der Waals surface area (Å²) in [6.07, 6.45) is -10.1. The molecule has 2 rings (SSSR count). The van der Waals surface area contributed by atoms with Crippen LogP contribution in [0.2, 0.25) is 0 Å². The molecule has 0 saturated carbocycles. The third kappa shape index (κ3) is 3.71. The van der Waals surface area contributed by atoms with Crippen LogP contribution >= 0.6 is 0 Å². The van der Waals surface area contributed by atoms with E-state index in [1.807, 2.05) is 0 Å². The number of carbonyl (C=O) groups is 1. The third-order valence-corrected chi connectivity index (χ3v) is 4.14. The standard InChI is InChI=1S/C13H22O10/c14-1-5-9(18)8(3-16)22-13(10(5)19)23-12-6(17)4-21-7(2-15)11(12)20/h1,5-13,15-20H,2-4H2/t5-,6+,7+,8+,9-,10-,11+,12+,13+/m0/s1. The number of aliphatic hydroxyl groups is 6. The number of rotatable bonds is 5. The molecular formula is C13H22O10. The highest BCUT2D eigenvalue weighted by molar-refractivity contribution is 5.56. The lowest BCUT2D eigenvalue weighted by atomic mass is 9.90. The average molecular weight is 338 g/mol. The van der Waals surface area contributed by atoms with E-state index in [1.165, 1.54) is 0 Å². The van der Waals surface area contributed by atoms with E-state index < -0.39 is 68.1 Å². The molecule has 2 aliphatic heterocycles. The number of ether oxygens (including phenoxy) is 3. The van der Waals surface area contributed by atoms with E-state index in [-0.39, 0.29) is 6.61 Å². The topological polar surface area (TPSA) is 166 Å². The SMILES string of the molecule is O=C[C@@H]1[C@H](O)[C@@H](O[C@H]2[C@H](O)[C@@H](CO)OC[C@H]2O)O[C@H](CO)[C@H]1O. The van der Waals surface area contributed by atoms with Crippen LogP contribution in [0.4, 0.5) is 0 Å². The molecule has 0 aromatic rings. The van der Waals surface area contributed by atoms with Gasteiger partial charge in [0, 0.05) is 0 Å². The Morgan fingerprint density at radius 3 is 2.22 bits per heavy atom. The number of hydrogen-bond donors (Lipinski definition) is 6. The zero-order valence-corrected chi connectivity index (χ0v) is 12.2. The van der Waals surface area contributed by atoms with Gasteiger partial charge in [0.15, 0.2) is 6.29 Å². The van der Waals surface area contributed by atoms with Gasteiger partial charge in [-0.15, -0.1) is 0 Å². The van der Waals surface area contributed by atoms with Crippen molar-refractivity contribution in [3.05, 3.63) is 0 Å². The van der Waals surface area contributed by atoms with E-state index in [2.05, 4.69) is 0 Å². The summed E-state index contributed by atoms with van der Waals surface area (Å²) in [7, 11) is 0. The Kier molecular flexibility index (Phi) is 6.42. The maximum atomic E-state index is 11.0. The second-order valence-corrected chi connectivity index (χ2v) is 5.63. The Morgan fingerprint density at radius 1 is 1.00 bits per heavy atom. The number of aliphatic hydroxyl groups excluding tert-OH is 6. The Labute approximate surface area is 131 Å². The smallest absolute Gasteiger partial charge is 0.185 e. The first-order chi connectivity index (χ1) is 10.9. The fourth-order valence-electron chi connectivity index (χ4n) is 2.73. The summed E-state index contributed by atoms with van der Waals surface area (Å²) in [5, 5.41) is 58.1. The van der Waals surface area contributed by atoms with Gasteiger partial charge < -0.3 is 49.6 Å². The molecule has 0 aromatic carbocycles. The number of carbonyl (C=O) groups excluding carboxylic acids is 1. The van der Waals surface area contributed by atoms with Crippen LogP contribution < -0.4 is 0 Å². The maximum absolute atomic E-state index is 11.0. The van der Waals surface area contributed by atoms with Crippen LogP contribution in [0.25, 0.3) is 0 Å². The van der Waals surface area contributed by atoms with Gasteiger partial charge >= 0.3 is 0 Å². The fraction of sp³-hybridized carbons (Fsp3) is 0.923. The largest absolute Gasteiger partial charge is 0.394 e. The molecule has 6 N–H and O–H groups in total. The zero-order chi connectivity index (χ0) is 17.1. The van der Waals surface area contributed by atoms with Crippen molar-refractivity contribution in [2.24, 2.45) is 5.92 Å². The lowest BCUT2D eigenvalue weighted by Gasteiger charge is -2.44. The Morgan fingerprint density at radius 2 is 1.65 bits per heavy atom. The zero-order valence-electron chi connectivity index (χ0n) is 12.2. The lowest BCUT2D eigenvalue weighted by Crippen LogP contribution is -2.61. The Hall–Kier alpha value is -0.690. The number of hydrogen-bond acceptors (Lipinski definition) is 10. The van der Waals surface area contributed by atoms with E-state index >= 15 is 0 Å². The van der Waals surface area contributed by atoms with Crippen LogP contribution in [-0.2, 0) is 19.0 Å². The van der Waals surface area contributed by atoms with Gasteiger partial charge in [-0.05, 0) is 0 Å². The van der Waals surface area contributed by atoms with Gasteiger partial charge in [-0.3, -0.25) is 0 Å². The molecule has 2 aliphatic rings. The molecule has 0 aromatic heterocycles. The molecule has 23 heavy (non-hydrogen) atoms. The predicted octanol–water partition coefficient (Wildman–Crippen LogP) is -4.26. The summed E-state index contributed by atoms with van der Waals surface area (Å²) in [6, 6.07) is 0. The van der Waals surface area contributed by atoms with Gasteiger partial charge in [0.1, 0.15) is 42.9 Å². The summed E-state index contributed by atoms with van der Waals surface area (Å²) >= 11 is 0. The summed E-state index contributed by atoms with van der Waals surface area (Å²) < 4.78 is 15.6. The van der Waals surface area contributed by atoms with Gasteiger partial charge in [-0.2, -0.15) is 0 Å². The molecule has 2 saturated heterocycles. The molecule has 0 aliphatic carbocycles. The summed E-state index contributed by atoms with van der Waals surface area (Å²) in [5.74, 6) is -1.26. The molecule has 2 fully saturated rings. The van der Waals surface area contributed by atoms with Crippen LogP contribution in [0, 0.1) is 5.92 Å². The normalized spacial score (nSPS) is 48.2. The summed E-state index contributed by atoms with van der Waals surface area (Å²) in [5.41, 5.74) is 0. The second kappa shape index (κ2) is 7.92. The molecule has 0 amide bonds. The minimum absolute atomic E-state index is 0.209. The highest BCUT2D eigenvalue weighted by Gasteiger charge is 2.48. The first kappa shape index (κ1) is 18.6. The van der Waals surface area contributed by atoms with Gasteiger partial charge in [-0.1, -0.05) is 0 Å². The highest BCUT2D eigenvalue weighted by Crippen LogP contribution is 2.29. The van der Waals surface area contributed by atoms with E-state index in [9.17, 15) is 30.3 Å². The van der Waals surface area contributed by atoms with Crippen LogP contribution in [0.3, 0.4) is 0 Å². The van der Waals surface area contributed by atoms with Gasteiger partial charge in [-0.25, -0.2) is 0 Å². The molecule has 10 heteroatoms. The first-order valence-electron chi connectivity index (χ1n) is 7.26. The van der Waals surface area contributed by atoms with Crippen molar-refractivity contribution >= 4 is 6.29 Å². The molecular weight excluding hydrogens is 316 g/mol. The van der Waals surface area contributed by atoms with Crippen molar-refractivity contribution in [2.75, 3.05) is 19.8 Å². The fourth-order valence-corrected chi connectivity index (χ4v) is 2.73. The molecule has 0 bridgehead atoms. The quantitative estimate of drug-likeness (QED) is 0.270. The van der Waals surface area contributed by atoms with Crippen LogP contribution in [0.15, 0.2) is 0 Å². The molecule has 10 nitrogen and oxygen atoms in total. The van der Waals surface area contributed by atoms with Gasteiger partial charge in [0.2, 0.25) is 0 Å². The molecule has 0 spiro atoms. The van der Waals surface area contributed by atoms with E-state index in [4.69, 9.17) is 19.3 Å². The third-order valence-electron chi connectivity index (χ3n) is 4.14. The highest BCUT2D eigenvalue weighted by atomic mass is 16.7. The molecule has 0 radical (unpaired) electrons. The van der Waals surface area contributed by atoms with E-state index in [0.29, 0.717) is 6.29 Å². The van der Waals surface area contributed by atoms with Crippen molar-refractivity contribution in [1.82, 2.24) is 0 Å². The van der Waals surface area contributed by atoms with Crippen molar-refractivity contribution in [3.8, 4) is 0 Å². The Bertz CT molecular complexity index is 393. The molecule has 134 valence electrons. The van der Waals surface area contributed by atoms with Crippen molar-refractivity contribution < 1.29 is 49.6 Å². The average Bonchev–Trinajstić information content (AvgIpc) is 2.54. The van der Waals surface area contributed by atoms with Crippen LogP contribution in [0.5, 0.6) is 0 Å². The van der Waals surface area contributed by atoms with Gasteiger partial charge in [0.05, 0.1) is 31.8 Å². The lowest BCUT2D eigenvalue weighted by molar-refractivity contribution is -0.325. The van der Waals surface area contributed by atoms with Gasteiger partial charge in [0.25, 0.3) is 0 Å². The maximum Gasteiger partial charge on any atom is 0.185 e. The van der Waals surface area contributed by atoms with E-state index in [0.717, 1.165) is 0 Å². The molecule has 9 atom stereocenters. The van der Waals surface area contributed by atoms with Crippen LogP contribution in [-0.4, -0.2) is 106 Å². The number of aldehydes is 1. The minimum Gasteiger partial charge on any atom is -0.394 e. The summed E-state index contributed by atoms with van der Waals surface area (Å²) in [6.45, 7) is -1.33. The monoisotopic (exact) mass is 338 g/mol. The van der Waals surface area contributed by atoms with Crippen molar-refractivity contribution in [1.29, 1.82) is 0 Å². The van der Waals surface area contributed by atoms with Crippen molar-refractivity contribution in [3.63, 3.8) is 0 Å². The Balaban J connectivity index is 2.11. The van der Waals surface area contributed by atoms with Crippen molar-refractivity contribution in [2.45, 2.75) is 49.0 Å². The molecule has 0 unspecified atom stereocenters. The van der Waals surface area contributed by atoms with Crippen LogP contribution in [0.1, 0.15) is 0 Å². The summed E-state index contributed by atoms with van der Waals surface area (Å²) in [4.78, 5) is 11.0. The minimum atomic E-state index is -1.56. The molecule has 2 heterocycles.